The summed E-state index contributed by atoms with van der Waals surface area (Å²) in [4.78, 5) is 25.3. The summed E-state index contributed by atoms with van der Waals surface area (Å²) in [6.07, 6.45) is 0. The molecular formula is C28H22O2S2. The summed E-state index contributed by atoms with van der Waals surface area (Å²) in [5, 5.41) is -0.0490. The van der Waals surface area contributed by atoms with Crippen LogP contribution in [0.3, 0.4) is 0 Å². The van der Waals surface area contributed by atoms with Crippen LogP contribution in [0.1, 0.15) is 25.0 Å². The molecule has 0 aliphatic heterocycles. The van der Waals surface area contributed by atoms with E-state index < -0.39 is 0 Å². The second-order valence-corrected chi connectivity index (χ2v) is 9.31. The third-order valence-corrected chi connectivity index (χ3v) is 6.48. The van der Waals surface area contributed by atoms with Gasteiger partial charge in [-0.2, -0.15) is 0 Å². The molecule has 0 amide bonds. The van der Waals surface area contributed by atoms with Gasteiger partial charge in [-0.05, 0) is 108 Å². The highest BCUT2D eigenvalue weighted by molar-refractivity contribution is 8.14. The largest absolute Gasteiger partial charge is 0.282 e. The van der Waals surface area contributed by atoms with E-state index in [0.717, 1.165) is 32.0 Å². The molecule has 0 fully saturated rings. The first-order chi connectivity index (χ1) is 15.3. The second kappa shape index (κ2) is 10.9. The normalized spacial score (nSPS) is 10.1. The maximum atomic E-state index is 11.8. The molecule has 0 unspecified atom stereocenters. The highest BCUT2D eigenvalue weighted by atomic mass is 32.2. The maximum Gasteiger partial charge on any atom is 0.219 e. The van der Waals surface area contributed by atoms with Crippen LogP contribution in [0.4, 0.5) is 0 Å². The van der Waals surface area contributed by atoms with Crippen molar-refractivity contribution in [3.8, 4) is 23.0 Å². The van der Waals surface area contributed by atoms with Gasteiger partial charge >= 0.3 is 0 Å². The smallest absolute Gasteiger partial charge is 0.219 e. The summed E-state index contributed by atoms with van der Waals surface area (Å²) in [5.41, 5.74) is 5.05. The fraction of sp³-hybridized carbons (Fsp3) is 0.0714. The lowest BCUT2D eigenvalue weighted by atomic mass is 10.0. The number of rotatable bonds is 5. The van der Waals surface area contributed by atoms with Crippen LogP contribution in [0.15, 0.2) is 107 Å². The highest BCUT2D eigenvalue weighted by Gasteiger charge is 2.06. The minimum absolute atomic E-state index is 0.0191. The Hall–Kier alpha value is -3.26. The van der Waals surface area contributed by atoms with E-state index in [1.54, 1.807) is 13.8 Å². The fourth-order valence-electron chi connectivity index (χ4n) is 2.60. The van der Waals surface area contributed by atoms with E-state index in [1.807, 2.05) is 72.8 Å². The molecule has 3 rings (SSSR count). The Kier molecular flexibility index (Phi) is 7.94. The standard InChI is InChI=1S/C28H22O2S2/c1-19(2)27(29)31-25-15-9-22(10-16-25)6-5-21-7-11-23(12-8-21)24-13-17-26(18-14-24)32-28(30)20(3)4/h7-18H,1,3H2,2,4H3. The molecule has 0 heterocycles. The third kappa shape index (κ3) is 6.62. The minimum Gasteiger partial charge on any atom is -0.282 e. The van der Waals surface area contributed by atoms with Crippen LogP contribution in [0.5, 0.6) is 0 Å². The summed E-state index contributed by atoms with van der Waals surface area (Å²) in [6.45, 7) is 10.8. The van der Waals surface area contributed by atoms with Crippen LogP contribution in [0.2, 0.25) is 0 Å². The molecule has 0 spiro atoms. The first kappa shape index (κ1) is 23.4. The summed E-state index contributed by atoms with van der Waals surface area (Å²) in [5.74, 6) is 6.33. The van der Waals surface area contributed by atoms with Crippen molar-refractivity contribution < 1.29 is 9.59 Å². The van der Waals surface area contributed by atoms with Gasteiger partial charge < -0.3 is 0 Å². The number of carbonyl (C=O) groups is 2. The first-order valence-electron chi connectivity index (χ1n) is 9.90. The Bertz CT molecular complexity index is 1220. The molecule has 158 valence electrons. The van der Waals surface area contributed by atoms with E-state index in [9.17, 15) is 9.59 Å². The molecule has 2 nitrogen and oxygen atoms in total. The third-order valence-electron chi connectivity index (χ3n) is 4.40. The molecule has 32 heavy (non-hydrogen) atoms. The summed E-state index contributed by atoms with van der Waals surface area (Å²) in [6, 6.07) is 23.6. The van der Waals surface area contributed by atoms with E-state index >= 15 is 0 Å². The van der Waals surface area contributed by atoms with Crippen LogP contribution < -0.4 is 0 Å². The van der Waals surface area contributed by atoms with E-state index in [2.05, 4.69) is 25.0 Å². The van der Waals surface area contributed by atoms with Gasteiger partial charge in [0.15, 0.2) is 0 Å². The van der Waals surface area contributed by atoms with Crippen molar-refractivity contribution in [3.05, 3.63) is 108 Å². The molecule has 0 saturated heterocycles. The predicted molar refractivity (Wildman–Crippen MR) is 136 cm³/mol. The molecule has 0 aliphatic rings. The number of carbonyl (C=O) groups excluding carboxylic acids is 2. The Balaban J connectivity index is 1.65. The zero-order valence-corrected chi connectivity index (χ0v) is 19.6. The molecule has 0 aromatic heterocycles. The molecule has 3 aromatic carbocycles. The van der Waals surface area contributed by atoms with Gasteiger partial charge in [-0.3, -0.25) is 9.59 Å². The van der Waals surface area contributed by atoms with Gasteiger partial charge in [0.25, 0.3) is 0 Å². The van der Waals surface area contributed by atoms with Crippen molar-refractivity contribution in [1.29, 1.82) is 0 Å². The van der Waals surface area contributed by atoms with Crippen molar-refractivity contribution in [1.82, 2.24) is 0 Å². The zero-order valence-electron chi connectivity index (χ0n) is 18.0. The topological polar surface area (TPSA) is 34.1 Å². The lowest BCUT2D eigenvalue weighted by Crippen LogP contribution is -1.90. The highest BCUT2D eigenvalue weighted by Crippen LogP contribution is 2.26. The van der Waals surface area contributed by atoms with Crippen molar-refractivity contribution in [2.24, 2.45) is 0 Å². The summed E-state index contributed by atoms with van der Waals surface area (Å²) < 4.78 is 0. The van der Waals surface area contributed by atoms with Crippen LogP contribution in [0, 0.1) is 11.8 Å². The van der Waals surface area contributed by atoms with E-state index in [-0.39, 0.29) is 10.2 Å². The van der Waals surface area contributed by atoms with E-state index in [0.29, 0.717) is 11.1 Å². The number of hydrogen-bond acceptors (Lipinski definition) is 4. The maximum absolute atomic E-state index is 11.8. The molecular weight excluding hydrogens is 432 g/mol. The Morgan fingerprint density at radius 1 is 0.594 bits per heavy atom. The van der Waals surface area contributed by atoms with Crippen LogP contribution in [-0.4, -0.2) is 10.2 Å². The Morgan fingerprint density at radius 3 is 1.28 bits per heavy atom. The van der Waals surface area contributed by atoms with Gasteiger partial charge in [0.1, 0.15) is 0 Å². The molecule has 0 aliphatic carbocycles. The van der Waals surface area contributed by atoms with Crippen LogP contribution in [0.25, 0.3) is 11.1 Å². The van der Waals surface area contributed by atoms with Gasteiger partial charge in [-0.25, -0.2) is 0 Å². The summed E-state index contributed by atoms with van der Waals surface area (Å²) >= 11 is 2.36. The van der Waals surface area contributed by atoms with Gasteiger partial charge in [-0.1, -0.05) is 49.3 Å². The predicted octanol–water partition coefficient (Wildman–Crippen LogP) is 7.14. The summed E-state index contributed by atoms with van der Waals surface area (Å²) in [7, 11) is 0. The van der Waals surface area contributed by atoms with E-state index in [1.165, 1.54) is 23.5 Å². The zero-order chi connectivity index (χ0) is 23.1. The van der Waals surface area contributed by atoms with Gasteiger partial charge in [0, 0.05) is 20.9 Å². The molecule has 4 heteroatoms. The number of thioether (sulfide) groups is 2. The second-order valence-electron chi connectivity index (χ2n) is 7.22. The monoisotopic (exact) mass is 454 g/mol. The first-order valence-corrected chi connectivity index (χ1v) is 11.5. The van der Waals surface area contributed by atoms with Crippen molar-refractivity contribution in [3.63, 3.8) is 0 Å². The molecule has 0 bridgehead atoms. The Morgan fingerprint density at radius 2 is 0.906 bits per heavy atom. The Labute approximate surface area is 197 Å². The number of benzene rings is 3. The average Bonchev–Trinajstić information content (AvgIpc) is 2.79. The molecule has 0 atom stereocenters. The molecule has 0 N–H and O–H groups in total. The lowest BCUT2D eigenvalue weighted by Gasteiger charge is -2.04. The molecule has 0 radical (unpaired) electrons. The number of hydrogen-bond donors (Lipinski definition) is 0. The average molecular weight is 455 g/mol. The SMILES string of the molecule is C=C(C)C(=O)Sc1ccc(C#Cc2ccc(-c3ccc(SC(=O)C(=C)C)cc3)cc2)cc1. The molecule has 0 saturated carbocycles. The lowest BCUT2D eigenvalue weighted by molar-refractivity contribution is -0.108. The van der Waals surface area contributed by atoms with Crippen LogP contribution in [-0.2, 0) is 9.59 Å². The van der Waals surface area contributed by atoms with Gasteiger partial charge in [0.2, 0.25) is 10.2 Å². The van der Waals surface area contributed by atoms with Crippen molar-refractivity contribution >= 4 is 33.8 Å². The van der Waals surface area contributed by atoms with Crippen molar-refractivity contribution in [2.45, 2.75) is 23.6 Å². The van der Waals surface area contributed by atoms with Crippen LogP contribution >= 0.6 is 23.5 Å². The quantitative estimate of drug-likeness (QED) is 0.233. The minimum atomic E-state index is -0.0299. The molecule has 3 aromatic rings. The van der Waals surface area contributed by atoms with Gasteiger partial charge in [0.05, 0.1) is 0 Å². The van der Waals surface area contributed by atoms with E-state index in [4.69, 9.17) is 0 Å². The fourth-order valence-corrected chi connectivity index (χ4v) is 3.92. The van der Waals surface area contributed by atoms with Gasteiger partial charge in [-0.15, -0.1) is 0 Å². The van der Waals surface area contributed by atoms with Crippen molar-refractivity contribution in [2.75, 3.05) is 0 Å².